The Morgan fingerprint density at radius 2 is 2.11 bits per heavy atom. The predicted octanol–water partition coefficient (Wildman–Crippen LogP) is 2.16. The number of rotatable bonds is 5. The number of benzene rings is 1. The van der Waals surface area contributed by atoms with Gasteiger partial charge in [-0.1, -0.05) is 18.2 Å². The van der Waals surface area contributed by atoms with Gasteiger partial charge in [-0.25, -0.2) is 4.98 Å². The van der Waals surface area contributed by atoms with Crippen LogP contribution in [0.3, 0.4) is 0 Å². The SMILES string of the molecule is COCC(C)N(C)c1nc2ccccc2cc1CN. The second kappa shape index (κ2) is 5.99. The number of likely N-dealkylation sites (N-methyl/N-ethyl adjacent to an activating group) is 1. The van der Waals surface area contributed by atoms with Gasteiger partial charge in [-0.15, -0.1) is 0 Å². The summed E-state index contributed by atoms with van der Waals surface area (Å²) >= 11 is 0. The van der Waals surface area contributed by atoms with Crippen LogP contribution in [-0.2, 0) is 11.3 Å². The fraction of sp³-hybridized carbons (Fsp3) is 0.400. The van der Waals surface area contributed by atoms with Crippen LogP contribution < -0.4 is 10.6 Å². The standard InChI is InChI=1S/C15H21N3O/c1-11(10-19-3)18(2)15-13(9-16)8-12-6-4-5-7-14(12)17-15/h4-8,11H,9-10,16H2,1-3H3. The molecule has 0 spiro atoms. The lowest BCUT2D eigenvalue weighted by molar-refractivity contribution is 0.183. The maximum absolute atomic E-state index is 5.86. The van der Waals surface area contributed by atoms with Gasteiger partial charge in [0.1, 0.15) is 5.82 Å². The smallest absolute Gasteiger partial charge is 0.133 e. The molecule has 1 aromatic carbocycles. The lowest BCUT2D eigenvalue weighted by Crippen LogP contribution is -2.34. The number of pyridine rings is 1. The average molecular weight is 259 g/mol. The van der Waals surface area contributed by atoms with Crippen LogP contribution in [0.25, 0.3) is 10.9 Å². The number of hydrogen-bond donors (Lipinski definition) is 1. The third kappa shape index (κ3) is 2.85. The van der Waals surface area contributed by atoms with Crippen molar-refractivity contribution < 1.29 is 4.74 Å². The molecule has 1 unspecified atom stereocenters. The van der Waals surface area contributed by atoms with Gasteiger partial charge in [0.25, 0.3) is 0 Å². The quantitative estimate of drug-likeness (QED) is 0.894. The van der Waals surface area contributed by atoms with E-state index in [1.54, 1.807) is 7.11 Å². The van der Waals surface area contributed by atoms with E-state index in [0.717, 1.165) is 22.3 Å². The number of para-hydroxylation sites is 1. The van der Waals surface area contributed by atoms with Crippen LogP contribution in [0.2, 0.25) is 0 Å². The highest BCUT2D eigenvalue weighted by molar-refractivity contribution is 5.81. The Kier molecular flexibility index (Phi) is 4.35. The normalized spacial score (nSPS) is 12.6. The maximum Gasteiger partial charge on any atom is 0.133 e. The minimum Gasteiger partial charge on any atom is -0.383 e. The summed E-state index contributed by atoms with van der Waals surface area (Å²) in [6.45, 7) is 3.26. The molecule has 0 amide bonds. The fourth-order valence-corrected chi connectivity index (χ4v) is 2.17. The number of aromatic nitrogens is 1. The van der Waals surface area contributed by atoms with Crippen LogP contribution >= 0.6 is 0 Å². The molecule has 0 aliphatic heterocycles. The highest BCUT2D eigenvalue weighted by Gasteiger charge is 2.15. The second-order valence-corrected chi connectivity index (χ2v) is 4.78. The number of nitrogens with two attached hydrogens (primary N) is 1. The first-order valence-corrected chi connectivity index (χ1v) is 6.48. The second-order valence-electron chi connectivity index (χ2n) is 4.78. The van der Waals surface area contributed by atoms with Crippen LogP contribution in [0.4, 0.5) is 5.82 Å². The molecule has 1 heterocycles. The minimum absolute atomic E-state index is 0.254. The highest BCUT2D eigenvalue weighted by Crippen LogP contribution is 2.23. The molecule has 0 saturated carbocycles. The molecular formula is C15H21N3O. The molecular weight excluding hydrogens is 238 g/mol. The molecule has 1 aromatic heterocycles. The van der Waals surface area contributed by atoms with Crippen molar-refractivity contribution in [3.63, 3.8) is 0 Å². The topological polar surface area (TPSA) is 51.4 Å². The third-order valence-corrected chi connectivity index (χ3v) is 3.40. The van der Waals surface area contributed by atoms with E-state index >= 15 is 0 Å². The Morgan fingerprint density at radius 3 is 2.79 bits per heavy atom. The van der Waals surface area contributed by atoms with Crippen molar-refractivity contribution in [2.24, 2.45) is 5.73 Å². The summed E-state index contributed by atoms with van der Waals surface area (Å²) in [6, 6.07) is 10.5. The van der Waals surface area contributed by atoms with Gasteiger partial charge in [0, 0.05) is 31.7 Å². The molecule has 2 aromatic rings. The van der Waals surface area contributed by atoms with Crippen LogP contribution in [0.5, 0.6) is 0 Å². The Hall–Kier alpha value is -1.65. The van der Waals surface area contributed by atoms with Gasteiger partial charge in [-0.3, -0.25) is 0 Å². The lowest BCUT2D eigenvalue weighted by Gasteiger charge is -2.27. The molecule has 0 fully saturated rings. The van der Waals surface area contributed by atoms with Gasteiger partial charge in [0.05, 0.1) is 18.2 Å². The number of nitrogens with zero attached hydrogens (tertiary/aromatic N) is 2. The van der Waals surface area contributed by atoms with Gasteiger partial charge < -0.3 is 15.4 Å². The van der Waals surface area contributed by atoms with Gasteiger partial charge in [-0.2, -0.15) is 0 Å². The zero-order valence-electron chi connectivity index (χ0n) is 11.8. The molecule has 2 N–H and O–H groups in total. The molecule has 4 nitrogen and oxygen atoms in total. The van der Waals surface area contributed by atoms with Crippen LogP contribution in [0, 0.1) is 0 Å². The molecule has 0 radical (unpaired) electrons. The average Bonchev–Trinajstić information content (AvgIpc) is 2.45. The van der Waals surface area contributed by atoms with Crippen LogP contribution in [-0.4, -0.2) is 31.8 Å². The van der Waals surface area contributed by atoms with Crippen molar-refractivity contribution in [2.45, 2.75) is 19.5 Å². The van der Waals surface area contributed by atoms with E-state index < -0.39 is 0 Å². The summed E-state index contributed by atoms with van der Waals surface area (Å²) < 4.78 is 5.21. The summed E-state index contributed by atoms with van der Waals surface area (Å²) in [4.78, 5) is 6.86. The first-order valence-electron chi connectivity index (χ1n) is 6.48. The third-order valence-electron chi connectivity index (χ3n) is 3.40. The predicted molar refractivity (Wildman–Crippen MR) is 79.4 cm³/mol. The Labute approximate surface area is 114 Å². The van der Waals surface area contributed by atoms with Crippen molar-refractivity contribution >= 4 is 16.7 Å². The van der Waals surface area contributed by atoms with Crippen molar-refractivity contribution in [1.82, 2.24) is 4.98 Å². The summed E-state index contributed by atoms with van der Waals surface area (Å²) in [7, 11) is 3.74. The largest absolute Gasteiger partial charge is 0.383 e. The first-order chi connectivity index (χ1) is 9.17. The minimum atomic E-state index is 0.254. The van der Waals surface area contributed by atoms with E-state index in [2.05, 4.69) is 24.0 Å². The number of anilines is 1. The summed E-state index contributed by atoms with van der Waals surface area (Å²) in [5.74, 6) is 0.936. The number of fused-ring (bicyclic) bond motifs is 1. The van der Waals surface area contributed by atoms with Gasteiger partial charge in [-0.05, 0) is 19.1 Å². The van der Waals surface area contributed by atoms with Crippen molar-refractivity contribution in [1.29, 1.82) is 0 Å². The first kappa shape index (κ1) is 13.8. The monoisotopic (exact) mass is 259 g/mol. The zero-order valence-corrected chi connectivity index (χ0v) is 11.8. The van der Waals surface area contributed by atoms with E-state index in [1.165, 1.54) is 0 Å². The van der Waals surface area contributed by atoms with Crippen LogP contribution in [0.1, 0.15) is 12.5 Å². The van der Waals surface area contributed by atoms with E-state index in [0.29, 0.717) is 13.2 Å². The summed E-state index contributed by atoms with van der Waals surface area (Å²) in [5.41, 5.74) is 7.91. The maximum atomic E-state index is 5.86. The van der Waals surface area contributed by atoms with Crippen LogP contribution in [0.15, 0.2) is 30.3 Å². The zero-order chi connectivity index (χ0) is 13.8. The lowest BCUT2D eigenvalue weighted by atomic mass is 10.1. The molecule has 0 aliphatic carbocycles. The molecule has 2 rings (SSSR count). The van der Waals surface area contributed by atoms with E-state index in [-0.39, 0.29) is 6.04 Å². The Balaban J connectivity index is 2.45. The molecule has 0 bridgehead atoms. The van der Waals surface area contributed by atoms with E-state index in [1.807, 2.05) is 25.2 Å². The van der Waals surface area contributed by atoms with Crippen molar-refractivity contribution in [3.8, 4) is 0 Å². The summed E-state index contributed by atoms with van der Waals surface area (Å²) in [6.07, 6.45) is 0. The molecule has 102 valence electrons. The molecule has 0 aliphatic rings. The summed E-state index contributed by atoms with van der Waals surface area (Å²) in [5, 5.41) is 1.12. The van der Waals surface area contributed by atoms with Crippen molar-refractivity contribution in [3.05, 3.63) is 35.9 Å². The Bertz CT molecular complexity index is 556. The Morgan fingerprint density at radius 1 is 1.37 bits per heavy atom. The number of methoxy groups -OCH3 is 1. The van der Waals surface area contributed by atoms with Gasteiger partial charge in [0.2, 0.25) is 0 Å². The molecule has 4 heteroatoms. The van der Waals surface area contributed by atoms with Crippen molar-refractivity contribution in [2.75, 3.05) is 25.7 Å². The molecule has 0 saturated heterocycles. The van der Waals surface area contributed by atoms with Gasteiger partial charge >= 0.3 is 0 Å². The van der Waals surface area contributed by atoms with E-state index in [4.69, 9.17) is 15.5 Å². The number of ether oxygens (including phenoxy) is 1. The van der Waals surface area contributed by atoms with E-state index in [9.17, 15) is 0 Å². The number of hydrogen-bond acceptors (Lipinski definition) is 4. The van der Waals surface area contributed by atoms with Gasteiger partial charge in [0.15, 0.2) is 0 Å². The fourth-order valence-electron chi connectivity index (χ4n) is 2.17. The molecule has 19 heavy (non-hydrogen) atoms. The highest BCUT2D eigenvalue weighted by atomic mass is 16.5. The molecule has 1 atom stereocenters.